The Labute approximate surface area is 126 Å². The van der Waals surface area contributed by atoms with Gasteiger partial charge >= 0.3 is 0 Å². The summed E-state index contributed by atoms with van der Waals surface area (Å²) in [4.78, 5) is 13.5. The summed E-state index contributed by atoms with van der Waals surface area (Å²) >= 11 is 0. The van der Waals surface area contributed by atoms with Crippen molar-refractivity contribution in [1.29, 1.82) is 0 Å². The van der Waals surface area contributed by atoms with Crippen LogP contribution in [0.4, 0.5) is 17.6 Å². The minimum Gasteiger partial charge on any atom is -0.383 e. The predicted octanol–water partition coefficient (Wildman–Crippen LogP) is 1.12. The van der Waals surface area contributed by atoms with Gasteiger partial charge in [-0.3, -0.25) is 4.90 Å². The van der Waals surface area contributed by atoms with Crippen molar-refractivity contribution in [2.45, 2.75) is 45.7 Å². The molecule has 1 aromatic heterocycles. The van der Waals surface area contributed by atoms with Gasteiger partial charge in [-0.2, -0.15) is 9.97 Å². The number of anilines is 3. The molecule has 1 aromatic rings. The van der Waals surface area contributed by atoms with Crippen LogP contribution in [-0.4, -0.2) is 47.1 Å². The number of hydrogen-bond donors (Lipinski definition) is 2. The first-order valence-corrected chi connectivity index (χ1v) is 7.63. The second-order valence-corrected chi connectivity index (χ2v) is 7.64. The van der Waals surface area contributed by atoms with E-state index in [0.717, 1.165) is 30.9 Å². The van der Waals surface area contributed by atoms with E-state index in [4.69, 9.17) is 11.5 Å². The molecule has 0 unspecified atom stereocenters. The SMILES string of the molecule is CN1C[C@@H]2C[C@H]1CN2c1nc(N)nc(N)c1CC(C)(C)C. The molecule has 2 aliphatic rings. The fraction of sp³-hybridized carbons (Fsp3) is 0.733. The Morgan fingerprint density at radius 2 is 1.86 bits per heavy atom. The molecule has 0 radical (unpaired) electrons. The van der Waals surface area contributed by atoms with Crippen LogP contribution in [0.3, 0.4) is 0 Å². The summed E-state index contributed by atoms with van der Waals surface area (Å²) in [5.41, 5.74) is 13.2. The van der Waals surface area contributed by atoms with Crippen molar-refractivity contribution in [1.82, 2.24) is 14.9 Å². The smallest absolute Gasteiger partial charge is 0.223 e. The maximum atomic E-state index is 6.15. The molecule has 2 atom stereocenters. The highest BCUT2D eigenvalue weighted by Crippen LogP contribution is 2.37. The van der Waals surface area contributed by atoms with Crippen molar-refractivity contribution >= 4 is 17.6 Å². The number of rotatable bonds is 2. The minimum atomic E-state index is 0.137. The van der Waals surface area contributed by atoms with Crippen LogP contribution in [-0.2, 0) is 6.42 Å². The van der Waals surface area contributed by atoms with E-state index in [1.807, 2.05) is 0 Å². The Morgan fingerprint density at radius 1 is 1.14 bits per heavy atom. The van der Waals surface area contributed by atoms with Crippen LogP contribution in [0.5, 0.6) is 0 Å². The molecule has 21 heavy (non-hydrogen) atoms. The monoisotopic (exact) mass is 290 g/mol. The Kier molecular flexibility index (Phi) is 3.24. The van der Waals surface area contributed by atoms with Gasteiger partial charge in [-0.25, -0.2) is 0 Å². The first-order valence-electron chi connectivity index (χ1n) is 7.63. The van der Waals surface area contributed by atoms with Crippen molar-refractivity contribution in [3.8, 4) is 0 Å². The molecule has 0 amide bonds. The molecule has 3 rings (SSSR count). The highest BCUT2D eigenvalue weighted by atomic mass is 15.4. The Hall–Kier alpha value is -1.56. The van der Waals surface area contributed by atoms with Crippen molar-refractivity contribution in [2.24, 2.45) is 5.41 Å². The predicted molar refractivity (Wildman–Crippen MR) is 86.2 cm³/mol. The Balaban J connectivity index is 1.98. The van der Waals surface area contributed by atoms with Crippen LogP contribution in [0.25, 0.3) is 0 Å². The van der Waals surface area contributed by atoms with E-state index in [0.29, 0.717) is 17.9 Å². The van der Waals surface area contributed by atoms with E-state index in [-0.39, 0.29) is 11.4 Å². The zero-order valence-electron chi connectivity index (χ0n) is 13.4. The van der Waals surface area contributed by atoms with Crippen LogP contribution in [0.2, 0.25) is 0 Å². The Morgan fingerprint density at radius 3 is 2.38 bits per heavy atom. The van der Waals surface area contributed by atoms with E-state index < -0.39 is 0 Å². The molecule has 0 aromatic carbocycles. The van der Waals surface area contributed by atoms with Gasteiger partial charge in [0.25, 0.3) is 0 Å². The van der Waals surface area contributed by atoms with Crippen molar-refractivity contribution in [3.05, 3.63) is 5.56 Å². The highest BCUT2D eigenvalue weighted by Gasteiger charge is 2.43. The lowest BCUT2D eigenvalue weighted by Gasteiger charge is -2.35. The van der Waals surface area contributed by atoms with Crippen LogP contribution in [0.15, 0.2) is 0 Å². The lowest BCUT2D eigenvalue weighted by molar-refractivity contribution is 0.291. The van der Waals surface area contributed by atoms with Gasteiger partial charge in [0.2, 0.25) is 5.95 Å². The number of aromatic nitrogens is 2. The summed E-state index contributed by atoms with van der Waals surface area (Å²) < 4.78 is 0. The topological polar surface area (TPSA) is 84.3 Å². The van der Waals surface area contributed by atoms with Gasteiger partial charge in [-0.15, -0.1) is 0 Å². The zero-order valence-corrected chi connectivity index (χ0v) is 13.4. The van der Waals surface area contributed by atoms with Gasteiger partial charge < -0.3 is 16.4 Å². The van der Waals surface area contributed by atoms with E-state index >= 15 is 0 Å². The quantitative estimate of drug-likeness (QED) is 0.849. The summed E-state index contributed by atoms with van der Waals surface area (Å²) in [6, 6.07) is 1.14. The standard InChI is InChI=1S/C15H26N6/c1-15(2,3)6-11-12(16)18-14(17)19-13(11)21-8-9-5-10(21)7-20(9)4/h9-10H,5-8H2,1-4H3,(H4,16,17,18,19)/t9-,10-/m0/s1. The average Bonchev–Trinajstić information content (AvgIpc) is 2.89. The molecule has 4 N–H and O–H groups in total. The number of likely N-dealkylation sites (N-methyl/N-ethyl adjacent to an activating group) is 1. The molecule has 6 nitrogen and oxygen atoms in total. The number of hydrogen-bond acceptors (Lipinski definition) is 6. The second-order valence-electron chi connectivity index (χ2n) is 7.64. The molecule has 0 saturated carbocycles. The molecule has 2 bridgehead atoms. The highest BCUT2D eigenvalue weighted by molar-refractivity contribution is 5.61. The number of fused-ring (bicyclic) bond motifs is 2. The molecule has 0 aliphatic carbocycles. The minimum absolute atomic E-state index is 0.137. The third kappa shape index (κ3) is 2.64. The van der Waals surface area contributed by atoms with Crippen LogP contribution < -0.4 is 16.4 Å². The van der Waals surface area contributed by atoms with Gasteiger partial charge in [-0.05, 0) is 25.3 Å². The number of nitrogen functional groups attached to an aromatic ring is 2. The molecule has 2 saturated heterocycles. The summed E-state index contributed by atoms with van der Waals surface area (Å²) in [7, 11) is 2.20. The van der Waals surface area contributed by atoms with Crippen LogP contribution >= 0.6 is 0 Å². The summed E-state index contributed by atoms with van der Waals surface area (Å²) in [6.45, 7) is 8.71. The maximum absolute atomic E-state index is 6.15. The van der Waals surface area contributed by atoms with Gasteiger partial charge in [-0.1, -0.05) is 20.8 Å². The number of nitrogens with zero attached hydrogens (tertiary/aromatic N) is 4. The molecular weight excluding hydrogens is 264 g/mol. The number of likely N-dealkylation sites (tertiary alicyclic amines) is 1. The average molecular weight is 290 g/mol. The van der Waals surface area contributed by atoms with Gasteiger partial charge in [0.05, 0.1) is 0 Å². The molecule has 2 fully saturated rings. The second kappa shape index (κ2) is 4.73. The Bertz CT molecular complexity index is 548. The molecular formula is C15H26N6. The summed E-state index contributed by atoms with van der Waals surface area (Å²) in [5.74, 6) is 1.76. The third-order valence-electron chi connectivity index (χ3n) is 4.53. The molecule has 116 valence electrons. The van der Waals surface area contributed by atoms with E-state index in [1.165, 1.54) is 6.42 Å². The van der Waals surface area contributed by atoms with Crippen molar-refractivity contribution < 1.29 is 0 Å². The van der Waals surface area contributed by atoms with Crippen LogP contribution in [0.1, 0.15) is 32.8 Å². The lowest BCUT2D eigenvalue weighted by atomic mass is 9.88. The van der Waals surface area contributed by atoms with E-state index in [9.17, 15) is 0 Å². The van der Waals surface area contributed by atoms with Gasteiger partial charge in [0.1, 0.15) is 11.6 Å². The summed E-state index contributed by atoms with van der Waals surface area (Å²) in [5, 5.41) is 0. The molecule has 2 aliphatic heterocycles. The first-order chi connectivity index (χ1) is 9.74. The maximum Gasteiger partial charge on any atom is 0.223 e. The molecule has 3 heterocycles. The number of piperazine rings is 1. The zero-order chi connectivity index (χ0) is 15.4. The fourth-order valence-electron chi connectivity index (χ4n) is 3.57. The molecule has 0 spiro atoms. The summed E-state index contributed by atoms with van der Waals surface area (Å²) in [6.07, 6.45) is 2.06. The third-order valence-corrected chi connectivity index (χ3v) is 4.53. The normalized spacial score (nSPS) is 25.8. The largest absolute Gasteiger partial charge is 0.383 e. The van der Waals surface area contributed by atoms with Crippen molar-refractivity contribution in [3.63, 3.8) is 0 Å². The molecule has 6 heteroatoms. The van der Waals surface area contributed by atoms with E-state index in [2.05, 4.69) is 47.6 Å². The van der Waals surface area contributed by atoms with Gasteiger partial charge in [0.15, 0.2) is 0 Å². The fourth-order valence-corrected chi connectivity index (χ4v) is 3.57. The lowest BCUT2D eigenvalue weighted by Crippen LogP contribution is -2.45. The van der Waals surface area contributed by atoms with Crippen LogP contribution in [0, 0.1) is 5.41 Å². The van der Waals surface area contributed by atoms with Crippen molar-refractivity contribution in [2.75, 3.05) is 36.5 Å². The van der Waals surface area contributed by atoms with E-state index in [1.54, 1.807) is 0 Å². The van der Waals surface area contributed by atoms with Gasteiger partial charge in [0, 0.05) is 30.7 Å². The number of nitrogens with two attached hydrogens (primary N) is 2. The first kappa shape index (κ1) is 14.4.